The van der Waals surface area contributed by atoms with E-state index in [1.807, 2.05) is 176 Å². The molecule has 24 aromatic rings. The summed E-state index contributed by atoms with van der Waals surface area (Å²) >= 11 is 0. The van der Waals surface area contributed by atoms with E-state index in [4.69, 9.17) is 49.8 Å². The lowest BCUT2D eigenvalue weighted by molar-refractivity contribution is 1.05. The van der Waals surface area contributed by atoms with Crippen LogP contribution in [0, 0.1) is 0 Å². The van der Waals surface area contributed by atoms with Crippen molar-refractivity contribution in [1.29, 1.82) is 0 Å². The highest BCUT2D eigenvalue weighted by Crippen LogP contribution is 2.39. The average Bonchev–Trinajstić information content (AvgIpc) is 1.61. The van der Waals surface area contributed by atoms with Crippen molar-refractivity contribution in [2.75, 3.05) is 0 Å². The van der Waals surface area contributed by atoms with Crippen molar-refractivity contribution in [3.63, 3.8) is 0 Å². The first kappa shape index (κ1) is 77.0. The molecule has 0 aliphatic heterocycles. The normalized spacial score (nSPS) is 11.3. The Morgan fingerprint density at radius 1 is 0.140 bits per heavy atom. The Balaban J connectivity index is 0.000000114. The van der Waals surface area contributed by atoms with Crippen molar-refractivity contribution in [2.45, 2.75) is 0 Å². The van der Waals surface area contributed by atoms with Gasteiger partial charge in [-0.2, -0.15) is 0 Å². The van der Waals surface area contributed by atoms with Gasteiger partial charge < -0.3 is 13.7 Å². The molecule has 606 valence electrons. The molecule has 0 saturated heterocycles. The van der Waals surface area contributed by atoms with Crippen molar-refractivity contribution in [3.8, 4) is 153 Å². The molecule has 0 spiro atoms. The highest BCUT2D eigenvalue weighted by molar-refractivity contribution is 6.11. The molecule has 0 atom stereocenters. The molecule has 11 aromatic carbocycles. The van der Waals surface area contributed by atoms with Crippen molar-refractivity contribution >= 4 is 65.4 Å². The molecule has 0 aliphatic rings. The van der Waals surface area contributed by atoms with Crippen molar-refractivity contribution < 1.29 is 0 Å². The van der Waals surface area contributed by atoms with Gasteiger partial charge in [-0.05, 0) is 181 Å². The summed E-state index contributed by atoms with van der Waals surface area (Å²) < 4.78 is 6.90. The van der Waals surface area contributed by atoms with Gasteiger partial charge in [0.2, 0.25) is 0 Å². The number of hydrogen-bond acceptors (Lipinski definition) is 16. The summed E-state index contributed by atoms with van der Waals surface area (Å²) in [5, 5.41) is 7.45. The van der Waals surface area contributed by atoms with Crippen LogP contribution in [-0.2, 0) is 0 Å². The Morgan fingerprint density at radius 3 is 0.744 bits per heavy atom. The first-order valence-electron chi connectivity index (χ1n) is 42.1. The van der Waals surface area contributed by atoms with E-state index in [9.17, 15) is 0 Å². The zero-order valence-electron chi connectivity index (χ0n) is 69.0. The molecule has 13 aromatic heterocycles. The fraction of sp³-hybridized carbons (Fsp3) is 0. The number of pyridine rings is 5. The fourth-order valence-corrected chi connectivity index (χ4v) is 16.5. The first-order valence-corrected chi connectivity index (χ1v) is 42.1. The van der Waals surface area contributed by atoms with Gasteiger partial charge in [0, 0.05) is 150 Å². The maximum absolute atomic E-state index is 4.87. The second kappa shape index (κ2) is 34.3. The van der Waals surface area contributed by atoms with Gasteiger partial charge in [-0.25, -0.2) is 59.8 Å². The zero-order valence-corrected chi connectivity index (χ0v) is 69.0. The van der Waals surface area contributed by atoms with E-state index in [0.717, 1.165) is 101 Å². The minimum atomic E-state index is 0.489. The van der Waals surface area contributed by atoms with Crippen LogP contribution in [0.25, 0.3) is 219 Å². The third-order valence-electron chi connectivity index (χ3n) is 22.7. The summed E-state index contributed by atoms with van der Waals surface area (Å²) in [7, 11) is 0. The quantitative estimate of drug-likeness (QED) is 0.0931. The molecular formula is C110H71N19. The van der Waals surface area contributed by atoms with Gasteiger partial charge in [-0.1, -0.05) is 194 Å². The standard InChI is InChI=1S/2C37H24N6.C36H23N7/c1-3-13-35-29(9-1)30-10-2-4-14-36(30)43(35)28-17-15-25(16-18-28)37-40-23-27(24-41-37)26-21-33(31-11-5-7-19-38-31)42-34(22-26)32-12-6-8-20-39-32;1-2-10-25(11-3-1)37-41-32(22-33(42-37)31-14-8-9-21-38-31)27-23-39-36(40-24-27)26-17-19-28(20-18-26)43-34-15-6-4-12-29(34)30-13-5-7-16-35(30)43;1-2-10-24(11-3-1)34-40-35(42-36(41-34)30-14-8-9-21-37-30)26-22-38-33(39-23-26)25-17-19-27(20-18-25)43-31-15-6-4-12-28(31)29-13-5-7-16-32(29)43/h2*1-24H;1-23H. The summed E-state index contributed by atoms with van der Waals surface area (Å²) in [6.45, 7) is 0. The van der Waals surface area contributed by atoms with Crippen molar-refractivity contribution in [1.82, 2.24) is 93.4 Å². The van der Waals surface area contributed by atoms with E-state index in [0.29, 0.717) is 52.0 Å². The maximum atomic E-state index is 4.87. The van der Waals surface area contributed by atoms with Crippen LogP contribution in [0.2, 0.25) is 0 Å². The Kier molecular flexibility index (Phi) is 20.5. The van der Waals surface area contributed by atoms with Crippen LogP contribution in [0.3, 0.4) is 0 Å². The van der Waals surface area contributed by atoms with E-state index < -0.39 is 0 Å². The summed E-state index contributed by atoms with van der Waals surface area (Å²) in [4.78, 5) is 75.1. The molecule has 24 rings (SSSR count). The Labute approximate surface area is 739 Å². The maximum Gasteiger partial charge on any atom is 0.182 e. The summed E-state index contributed by atoms with van der Waals surface area (Å²) in [5.74, 6) is 4.12. The van der Waals surface area contributed by atoms with Gasteiger partial charge >= 0.3 is 0 Å². The van der Waals surface area contributed by atoms with E-state index in [1.165, 1.54) is 65.4 Å². The van der Waals surface area contributed by atoms with Gasteiger partial charge in [-0.15, -0.1) is 0 Å². The fourth-order valence-electron chi connectivity index (χ4n) is 16.5. The van der Waals surface area contributed by atoms with Crippen LogP contribution in [0.4, 0.5) is 0 Å². The average molecular weight is 1660 g/mol. The van der Waals surface area contributed by atoms with Crippen LogP contribution >= 0.6 is 0 Å². The molecule has 0 bridgehead atoms. The third kappa shape index (κ3) is 15.4. The molecule has 13 heterocycles. The molecule has 0 fully saturated rings. The monoisotopic (exact) mass is 1660 g/mol. The summed E-state index contributed by atoms with van der Waals surface area (Å²) in [6.07, 6.45) is 17.9. The van der Waals surface area contributed by atoms with Gasteiger partial charge in [0.15, 0.2) is 40.8 Å². The second-order valence-electron chi connectivity index (χ2n) is 30.6. The summed E-state index contributed by atoms with van der Waals surface area (Å²) in [6, 6.07) is 125. The zero-order chi connectivity index (χ0) is 85.8. The highest BCUT2D eigenvalue weighted by atomic mass is 15.1. The van der Waals surface area contributed by atoms with E-state index in [1.54, 1.807) is 37.2 Å². The predicted octanol–water partition coefficient (Wildman–Crippen LogP) is 24.7. The van der Waals surface area contributed by atoms with Gasteiger partial charge in [-0.3, -0.25) is 19.9 Å². The van der Waals surface area contributed by atoms with Gasteiger partial charge in [0.25, 0.3) is 0 Å². The number of benzene rings is 11. The van der Waals surface area contributed by atoms with Crippen LogP contribution in [0.1, 0.15) is 0 Å². The van der Waals surface area contributed by atoms with Crippen molar-refractivity contribution in [2.24, 2.45) is 0 Å². The molecule has 19 nitrogen and oxygen atoms in total. The van der Waals surface area contributed by atoms with Gasteiger partial charge in [0.05, 0.1) is 78.5 Å². The lowest BCUT2D eigenvalue weighted by Gasteiger charge is -2.10. The molecule has 0 amide bonds. The minimum absolute atomic E-state index is 0.489. The van der Waals surface area contributed by atoms with Crippen molar-refractivity contribution in [3.05, 3.63) is 432 Å². The summed E-state index contributed by atoms with van der Waals surface area (Å²) in [5.41, 5.74) is 24.4. The lowest BCUT2D eigenvalue weighted by Crippen LogP contribution is -2.01. The van der Waals surface area contributed by atoms with Crippen LogP contribution in [0.15, 0.2) is 432 Å². The number of hydrogen-bond donors (Lipinski definition) is 0. The smallest absolute Gasteiger partial charge is 0.182 e. The molecule has 0 saturated carbocycles. The topological polar surface area (TPSA) is 221 Å². The molecule has 0 radical (unpaired) electrons. The largest absolute Gasteiger partial charge is 0.309 e. The Bertz CT molecular complexity index is 7060. The lowest BCUT2D eigenvalue weighted by atomic mass is 10.0. The molecule has 0 N–H and O–H groups in total. The molecule has 0 unspecified atom stereocenters. The number of aromatic nitrogens is 19. The van der Waals surface area contributed by atoms with Gasteiger partial charge in [0.1, 0.15) is 5.69 Å². The van der Waals surface area contributed by atoms with E-state index in [2.05, 4.69) is 262 Å². The Hall–Kier alpha value is -18.1. The predicted molar refractivity (Wildman–Crippen MR) is 512 cm³/mol. The molecular weight excluding hydrogens is 1590 g/mol. The Morgan fingerprint density at radius 2 is 0.403 bits per heavy atom. The third-order valence-corrected chi connectivity index (χ3v) is 22.7. The van der Waals surface area contributed by atoms with Crippen LogP contribution in [0.5, 0.6) is 0 Å². The number of nitrogens with zero attached hydrogens (tertiary/aromatic N) is 19. The first-order chi connectivity index (χ1) is 63.9. The van der Waals surface area contributed by atoms with E-state index in [-0.39, 0.29) is 0 Å². The highest BCUT2D eigenvalue weighted by Gasteiger charge is 2.21. The van der Waals surface area contributed by atoms with Crippen LogP contribution in [-0.4, -0.2) is 93.4 Å². The number of fused-ring (bicyclic) bond motifs is 9. The number of para-hydroxylation sites is 6. The van der Waals surface area contributed by atoms with Crippen LogP contribution < -0.4 is 0 Å². The molecule has 19 heteroatoms. The number of rotatable bonds is 15. The molecule has 0 aliphatic carbocycles. The molecule has 129 heavy (non-hydrogen) atoms. The SMILES string of the molecule is c1ccc(-c2cc(-c3cnc(-c4ccc(-n5c6ccccc6c6ccccc65)cc4)nc3)cc(-c3ccccn3)n2)nc1.c1ccc(-c2nc(-c3cnc(-c4ccc(-n5c6ccccc6c6ccccc65)cc4)nc3)cc(-c3ccccn3)n2)cc1.c1ccc(-c2nc(-c3cnc(-c4ccc(-n5c6ccccc6c6ccccc65)cc4)nc3)nc(-c3ccccn3)n2)cc1. The second-order valence-corrected chi connectivity index (χ2v) is 30.6. The minimum Gasteiger partial charge on any atom is -0.309 e. The van der Waals surface area contributed by atoms with E-state index >= 15 is 0 Å².